The largest absolute Gasteiger partial charge is 0.481 e. The zero-order chi connectivity index (χ0) is 12.5. The van der Waals surface area contributed by atoms with Crippen molar-refractivity contribution in [1.82, 2.24) is 15.2 Å². The molecule has 0 amide bonds. The van der Waals surface area contributed by atoms with E-state index in [1.807, 2.05) is 30.5 Å². The van der Waals surface area contributed by atoms with Crippen molar-refractivity contribution < 1.29 is 9.90 Å². The molecule has 5 nitrogen and oxygen atoms in total. The van der Waals surface area contributed by atoms with Crippen LogP contribution in [-0.2, 0) is 11.2 Å². The Labute approximate surface area is 102 Å². The molecule has 0 aliphatic rings. The third kappa shape index (κ3) is 1.75. The van der Waals surface area contributed by atoms with Crippen molar-refractivity contribution in [2.24, 2.45) is 0 Å². The average Bonchev–Trinajstić information content (AvgIpc) is 2.94. The van der Waals surface area contributed by atoms with E-state index in [2.05, 4.69) is 15.2 Å². The summed E-state index contributed by atoms with van der Waals surface area (Å²) in [4.78, 5) is 13.8. The molecule has 3 rings (SSSR count). The molecule has 0 atom stereocenters. The first-order chi connectivity index (χ1) is 8.74. The standard InChI is InChI=1S/C13H11N3O2/c17-13(18)6-8-5-12(16-15-8)10-7-14-11-4-2-1-3-9(10)11/h1-5,7,14H,6H2,(H,15,16)(H,17,18). The molecule has 0 aliphatic carbocycles. The fourth-order valence-corrected chi connectivity index (χ4v) is 2.04. The molecule has 0 radical (unpaired) electrons. The maximum Gasteiger partial charge on any atom is 0.309 e. The molecule has 0 bridgehead atoms. The van der Waals surface area contributed by atoms with Crippen LogP contribution in [0.3, 0.4) is 0 Å². The number of para-hydroxylation sites is 1. The number of H-pyrrole nitrogens is 2. The number of nitrogens with one attached hydrogen (secondary N) is 2. The highest BCUT2D eigenvalue weighted by atomic mass is 16.4. The quantitative estimate of drug-likeness (QED) is 0.657. The normalized spacial score (nSPS) is 10.9. The van der Waals surface area contributed by atoms with E-state index >= 15 is 0 Å². The Hall–Kier alpha value is -2.56. The van der Waals surface area contributed by atoms with Gasteiger partial charge in [0.25, 0.3) is 0 Å². The highest BCUT2D eigenvalue weighted by Gasteiger charge is 2.10. The average molecular weight is 241 g/mol. The summed E-state index contributed by atoms with van der Waals surface area (Å²) < 4.78 is 0. The number of hydrogen-bond donors (Lipinski definition) is 3. The third-order valence-corrected chi connectivity index (χ3v) is 2.84. The highest BCUT2D eigenvalue weighted by molar-refractivity contribution is 5.94. The molecule has 0 fully saturated rings. The summed E-state index contributed by atoms with van der Waals surface area (Å²) in [5.41, 5.74) is 3.36. The number of carboxylic acid groups (broad SMARTS) is 1. The number of hydrogen-bond acceptors (Lipinski definition) is 2. The van der Waals surface area contributed by atoms with Gasteiger partial charge in [-0.3, -0.25) is 9.89 Å². The van der Waals surface area contributed by atoms with E-state index in [1.165, 1.54) is 0 Å². The molecule has 3 aromatic rings. The molecule has 5 heteroatoms. The Kier molecular flexibility index (Phi) is 2.37. The summed E-state index contributed by atoms with van der Waals surface area (Å²) in [6.45, 7) is 0. The second-order valence-corrected chi connectivity index (χ2v) is 4.10. The highest BCUT2D eigenvalue weighted by Crippen LogP contribution is 2.27. The zero-order valence-corrected chi connectivity index (χ0v) is 9.47. The second-order valence-electron chi connectivity index (χ2n) is 4.10. The fraction of sp³-hybridized carbons (Fsp3) is 0.0769. The van der Waals surface area contributed by atoms with Crippen LogP contribution < -0.4 is 0 Å². The van der Waals surface area contributed by atoms with Gasteiger partial charge in [0.1, 0.15) is 0 Å². The second kappa shape index (κ2) is 4.03. The van der Waals surface area contributed by atoms with Crippen molar-refractivity contribution in [1.29, 1.82) is 0 Å². The van der Waals surface area contributed by atoms with Crippen molar-refractivity contribution in [3.8, 4) is 11.3 Å². The van der Waals surface area contributed by atoms with E-state index in [1.54, 1.807) is 6.07 Å². The monoisotopic (exact) mass is 241 g/mol. The van der Waals surface area contributed by atoms with Gasteiger partial charge in [-0.15, -0.1) is 0 Å². The lowest BCUT2D eigenvalue weighted by Gasteiger charge is -1.92. The number of aliphatic carboxylic acids is 1. The van der Waals surface area contributed by atoms with Gasteiger partial charge < -0.3 is 10.1 Å². The minimum Gasteiger partial charge on any atom is -0.481 e. The van der Waals surface area contributed by atoms with Gasteiger partial charge in [0.2, 0.25) is 0 Å². The summed E-state index contributed by atoms with van der Waals surface area (Å²) in [6.07, 6.45) is 1.83. The maximum atomic E-state index is 10.6. The molecule has 90 valence electrons. The fourth-order valence-electron chi connectivity index (χ4n) is 2.04. The van der Waals surface area contributed by atoms with Gasteiger partial charge in [0.05, 0.1) is 12.1 Å². The van der Waals surface area contributed by atoms with E-state index in [9.17, 15) is 4.79 Å². The first-order valence-electron chi connectivity index (χ1n) is 5.56. The van der Waals surface area contributed by atoms with E-state index in [-0.39, 0.29) is 6.42 Å². The molecule has 0 saturated heterocycles. The number of benzene rings is 1. The van der Waals surface area contributed by atoms with Crippen molar-refractivity contribution >= 4 is 16.9 Å². The predicted octanol–water partition coefficient (Wildman–Crippen LogP) is 2.19. The van der Waals surface area contributed by atoms with Crippen LogP contribution in [0.15, 0.2) is 36.5 Å². The van der Waals surface area contributed by atoms with Crippen LogP contribution in [0.2, 0.25) is 0 Å². The lowest BCUT2D eigenvalue weighted by molar-refractivity contribution is -0.136. The van der Waals surface area contributed by atoms with Crippen LogP contribution in [0.4, 0.5) is 0 Å². The first kappa shape index (κ1) is 10.6. The molecule has 0 spiro atoms. The first-order valence-corrected chi connectivity index (χ1v) is 5.56. The molecule has 0 saturated carbocycles. The van der Waals surface area contributed by atoms with Crippen LogP contribution >= 0.6 is 0 Å². The predicted molar refractivity (Wildman–Crippen MR) is 67.2 cm³/mol. The van der Waals surface area contributed by atoms with Gasteiger partial charge in [-0.25, -0.2) is 0 Å². The molecular weight excluding hydrogens is 230 g/mol. The molecule has 3 N–H and O–H groups in total. The van der Waals surface area contributed by atoms with E-state index in [4.69, 9.17) is 5.11 Å². The molecule has 2 heterocycles. The lowest BCUT2D eigenvalue weighted by Crippen LogP contribution is -1.99. The SMILES string of the molecule is O=C(O)Cc1cc(-c2c[nH]c3ccccc23)n[nH]1. The Bertz CT molecular complexity index is 712. The van der Waals surface area contributed by atoms with Crippen molar-refractivity contribution in [3.63, 3.8) is 0 Å². The number of aromatic amines is 2. The Morgan fingerprint density at radius 2 is 2.17 bits per heavy atom. The molecule has 2 aromatic heterocycles. The summed E-state index contributed by atoms with van der Waals surface area (Å²) >= 11 is 0. The number of fused-ring (bicyclic) bond motifs is 1. The van der Waals surface area contributed by atoms with Gasteiger partial charge in [-0.05, 0) is 12.1 Å². The lowest BCUT2D eigenvalue weighted by atomic mass is 10.1. The summed E-state index contributed by atoms with van der Waals surface area (Å²) in [5, 5.41) is 16.7. The molecule has 0 unspecified atom stereocenters. The topological polar surface area (TPSA) is 81.8 Å². The van der Waals surface area contributed by atoms with Gasteiger partial charge in [-0.1, -0.05) is 18.2 Å². The third-order valence-electron chi connectivity index (χ3n) is 2.84. The van der Waals surface area contributed by atoms with Crippen molar-refractivity contribution in [2.45, 2.75) is 6.42 Å². The molecule has 18 heavy (non-hydrogen) atoms. The van der Waals surface area contributed by atoms with Crippen molar-refractivity contribution in [2.75, 3.05) is 0 Å². The number of rotatable bonds is 3. The number of nitrogens with zero attached hydrogens (tertiary/aromatic N) is 1. The smallest absolute Gasteiger partial charge is 0.309 e. The minimum absolute atomic E-state index is 0.0463. The summed E-state index contributed by atoms with van der Waals surface area (Å²) in [6, 6.07) is 9.69. The van der Waals surface area contributed by atoms with Crippen LogP contribution in [0.25, 0.3) is 22.2 Å². The minimum atomic E-state index is -0.871. The molecule has 0 aliphatic heterocycles. The van der Waals surface area contributed by atoms with E-state index in [0.29, 0.717) is 5.69 Å². The van der Waals surface area contributed by atoms with Gasteiger partial charge in [0.15, 0.2) is 0 Å². The molecule has 1 aromatic carbocycles. The summed E-state index contributed by atoms with van der Waals surface area (Å²) in [5.74, 6) is -0.871. The van der Waals surface area contributed by atoms with E-state index in [0.717, 1.165) is 22.2 Å². The zero-order valence-electron chi connectivity index (χ0n) is 9.47. The number of aromatic nitrogens is 3. The Morgan fingerprint density at radius 1 is 1.33 bits per heavy atom. The van der Waals surface area contributed by atoms with Gasteiger partial charge in [0, 0.05) is 28.4 Å². The van der Waals surface area contributed by atoms with Crippen LogP contribution in [-0.4, -0.2) is 26.3 Å². The Balaban J connectivity index is 2.04. The molecular formula is C13H11N3O2. The maximum absolute atomic E-state index is 10.6. The van der Waals surface area contributed by atoms with Crippen LogP contribution in [0.1, 0.15) is 5.69 Å². The Morgan fingerprint density at radius 3 is 3.00 bits per heavy atom. The van der Waals surface area contributed by atoms with Crippen LogP contribution in [0, 0.1) is 0 Å². The van der Waals surface area contributed by atoms with Crippen LogP contribution in [0.5, 0.6) is 0 Å². The van der Waals surface area contributed by atoms with Gasteiger partial charge >= 0.3 is 5.97 Å². The van der Waals surface area contributed by atoms with Crippen molar-refractivity contribution in [3.05, 3.63) is 42.2 Å². The van der Waals surface area contributed by atoms with Gasteiger partial charge in [-0.2, -0.15) is 5.10 Å². The summed E-state index contributed by atoms with van der Waals surface area (Å²) in [7, 11) is 0. The van der Waals surface area contributed by atoms with E-state index < -0.39 is 5.97 Å². The number of carboxylic acids is 1. The number of carbonyl (C=O) groups is 1.